The molecule has 0 amide bonds. The van der Waals surface area contributed by atoms with Gasteiger partial charge in [-0.2, -0.15) is 0 Å². The van der Waals surface area contributed by atoms with E-state index in [0.29, 0.717) is 29.7 Å². The Labute approximate surface area is 117 Å². The van der Waals surface area contributed by atoms with Gasteiger partial charge in [-0.05, 0) is 36.5 Å². The molecule has 0 aliphatic carbocycles. The molecule has 102 valence electrons. The van der Waals surface area contributed by atoms with Gasteiger partial charge in [-0.3, -0.25) is 0 Å². The summed E-state index contributed by atoms with van der Waals surface area (Å²) in [7, 11) is 0. The first kappa shape index (κ1) is 15.7. The van der Waals surface area contributed by atoms with Crippen LogP contribution in [0.1, 0.15) is 25.8 Å². The van der Waals surface area contributed by atoms with Gasteiger partial charge < -0.3 is 0 Å². The Balaban J connectivity index is 2.95. The van der Waals surface area contributed by atoms with Crippen LogP contribution in [0.25, 0.3) is 0 Å². The lowest BCUT2D eigenvalue weighted by Gasteiger charge is -2.31. The first-order valence-corrected chi connectivity index (χ1v) is 7.04. The zero-order valence-electron chi connectivity index (χ0n) is 10.6. The van der Waals surface area contributed by atoms with Crippen LogP contribution in [0.2, 0.25) is 0 Å². The fourth-order valence-electron chi connectivity index (χ4n) is 2.32. The van der Waals surface area contributed by atoms with E-state index >= 15 is 0 Å². The Morgan fingerprint density at radius 1 is 1.06 bits per heavy atom. The number of hydrogen-bond donors (Lipinski definition) is 0. The molecule has 0 spiro atoms. The molecule has 18 heavy (non-hydrogen) atoms. The van der Waals surface area contributed by atoms with E-state index < -0.39 is 11.6 Å². The summed E-state index contributed by atoms with van der Waals surface area (Å²) >= 11 is 12.1. The van der Waals surface area contributed by atoms with Crippen molar-refractivity contribution in [3.63, 3.8) is 0 Å². The zero-order chi connectivity index (χ0) is 13.8. The second-order valence-electron chi connectivity index (χ2n) is 5.32. The number of rotatable bonds is 6. The lowest BCUT2D eigenvalue weighted by Crippen LogP contribution is -2.30. The molecule has 0 fully saturated rings. The predicted molar refractivity (Wildman–Crippen MR) is 73.4 cm³/mol. The van der Waals surface area contributed by atoms with Crippen LogP contribution in [-0.2, 0) is 6.42 Å². The molecule has 1 rings (SSSR count). The van der Waals surface area contributed by atoms with Crippen LogP contribution in [0.3, 0.4) is 0 Å². The minimum atomic E-state index is -0.562. The van der Waals surface area contributed by atoms with Crippen LogP contribution in [0.15, 0.2) is 18.2 Å². The maximum Gasteiger partial charge on any atom is 0.126 e. The largest absolute Gasteiger partial charge is 0.207 e. The average Bonchev–Trinajstić information content (AvgIpc) is 2.26. The molecule has 0 radical (unpaired) electrons. The van der Waals surface area contributed by atoms with Crippen LogP contribution in [0, 0.1) is 23.0 Å². The van der Waals surface area contributed by atoms with Crippen molar-refractivity contribution in [2.45, 2.75) is 26.7 Å². The third-order valence-corrected chi connectivity index (χ3v) is 4.04. The lowest BCUT2D eigenvalue weighted by molar-refractivity contribution is 0.295. The molecular formula is C14H18Cl2F2. The summed E-state index contributed by atoms with van der Waals surface area (Å²) in [5, 5.41) is 0. The molecule has 0 heterocycles. The molecule has 0 aromatic heterocycles. The van der Waals surface area contributed by atoms with Crippen LogP contribution in [-0.4, -0.2) is 11.8 Å². The van der Waals surface area contributed by atoms with Gasteiger partial charge in [0.15, 0.2) is 0 Å². The van der Waals surface area contributed by atoms with Crippen LogP contribution in [0.5, 0.6) is 0 Å². The molecule has 0 aliphatic rings. The molecule has 1 aromatic rings. The van der Waals surface area contributed by atoms with Gasteiger partial charge in [-0.1, -0.05) is 13.8 Å². The van der Waals surface area contributed by atoms with Crippen molar-refractivity contribution in [1.29, 1.82) is 0 Å². The Morgan fingerprint density at radius 2 is 1.56 bits per heavy atom. The lowest BCUT2D eigenvalue weighted by atomic mass is 9.78. The Kier molecular flexibility index (Phi) is 5.87. The molecule has 4 heteroatoms. The van der Waals surface area contributed by atoms with E-state index in [1.807, 2.05) is 0 Å². The van der Waals surface area contributed by atoms with Gasteiger partial charge in [0.25, 0.3) is 0 Å². The van der Waals surface area contributed by atoms with Crippen LogP contribution in [0.4, 0.5) is 8.78 Å². The highest BCUT2D eigenvalue weighted by atomic mass is 35.5. The number of halogens is 4. The summed E-state index contributed by atoms with van der Waals surface area (Å²) in [6.07, 6.45) is 1.32. The predicted octanol–water partition coefficient (Wildman–Crippen LogP) is 5.02. The normalized spacial score (nSPS) is 12.2. The molecule has 0 nitrogen and oxygen atoms in total. The second kappa shape index (κ2) is 6.72. The van der Waals surface area contributed by atoms with Crippen molar-refractivity contribution >= 4 is 23.2 Å². The van der Waals surface area contributed by atoms with Crippen molar-refractivity contribution in [2.75, 3.05) is 11.8 Å². The summed E-state index contributed by atoms with van der Waals surface area (Å²) in [6.45, 7) is 4.17. The quantitative estimate of drug-likeness (QED) is 0.647. The van der Waals surface area contributed by atoms with Crippen molar-refractivity contribution in [3.8, 4) is 0 Å². The smallest absolute Gasteiger partial charge is 0.126 e. The number of benzene rings is 1. The van der Waals surface area contributed by atoms with Crippen molar-refractivity contribution in [1.82, 2.24) is 0 Å². The van der Waals surface area contributed by atoms with Gasteiger partial charge in [0.2, 0.25) is 0 Å². The van der Waals surface area contributed by atoms with Crippen LogP contribution >= 0.6 is 23.2 Å². The summed E-state index contributed by atoms with van der Waals surface area (Å²) in [5.74, 6) is 0.0701. The van der Waals surface area contributed by atoms with E-state index in [9.17, 15) is 8.78 Å². The van der Waals surface area contributed by atoms with Crippen LogP contribution < -0.4 is 0 Å². The minimum Gasteiger partial charge on any atom is -0.207 e. The Bertz CT molecular complexity index is 367. The van der Waals surface area contributed by atoms with Gasteiger partial charge in [0.05, 0.1) is 0 Å². The van der Waals surface area contributed by atoms with Gasteiger partial charge >= 0.3 is 0 Å². The van der Waals surface area contributed by atoms with E-state index in [1.165, 1.54) is 12.1 Å². The molecule has 0 bridgehead atoms. The fourth-order valence-corrected chi connectivity index (χ4v) is 3.02. The molecule has 0 atom stereocenters. The third kappa shape index (κ3) is 4.40. The Morgan fingerprint density at radius 3 is 1.94 bits per heavy atom. The average molecular weight is 295 g/mol. The number of alkyl halides is 2. The first-order valence-electron chi connectivity index (χ1n) is 5.98. The van der Waals surface area contributed by atoms with Gasteiger partial charge in [0.1, 0.15) is 11.6 Å². The van der Waals surface area contributed by atoms with Crippen molar-refractivity contribution < 1.29 is 8.78 Å². The van der Waals surface area contributed by atoms with E-state index in [2.05, 4.69) is 13.8 Å². The summed E-state index contributed by atoms with van der Waals surface area (Å²) < 4.78 is 26.3. The molecule has 0 aliphatic heterocycles. The highest BCUT2D eigenvalue weighted by Crippen LogP contribution is 2.34. The molecule has 0 saturated heterocycles. The van der Waals surface area contributed by atoms with Gasteiger partial charge in [-0.15, -0.1) is 23.2 Å². The first-order chi connectivity index (χ1) is 8.40. The van der Waals surface area contributed by atoms with Crippen molar-refractivity contribution in [2.24, 2.45) is 11.3 Å². The fraction of sp³-hybridized carbons (Fsp3) is 0.571. The summed E-state index contributed by atoms with van der Waals surface area (Å²) in [6, 6.07) is 3.56. The maximum absolute atomic E-state index is 13.2. The SMILES string of the molecule is CC(C)CC(CCl)(CCl)Cc1cc(F)cc(F)c1. The number of hydrogen-bond acceptors (Lipinski definition) is 0. The van der Waals surface area contributed by atoms with E-state index in [1.54, 1.807) is 0 Å². The highest BCUT2D eigenvalue weighted by Gasteiger charge is 2.30. The van der Waals surface area contributed by atoms with Gasteiger partial charge in [-0.25, -0.2) is 8.78 Å². The standard InChI is InChI=1S/C14H18Cl2F2/c1-10(2)6-14(8-15,9-16)7-11-3-12(17)5-13(18)4-11/h3-5,10H,6-9H2,1-2H3. The highest BCUT2D eigenvalue weighted by molar-refractivity contribution is 6.21. The molecular weight excluding hydrogens is 277 g/mol. The van der Waals surface area contributed by atoms with Crippen molar-refractivity contribution in [3.05, 3.63) is 35.4 Å². The summed E-state index contributed by atoms with van der Waals surface area (Å²) in [5.41, 5.74) is 0.298. The Hall–Kier alpha value is -0.340. The van der Waals surface area contributed by atoms with E-state index in [4.69, 9.17) is 23.2 Å². The molecule has 0 saturated carbocycles. The second-order valence-corrected chi connectivity index (χ2v) is 5.85. The van der Waals surface area contributed by atoms with E-state index in [-0.39, 0.29) is 5.41 Å². The van der Waals surface area contributed by atoms with E-state index in [0.717, 1.165) is 12.5 Å². The van der Waals surface area contributed by atoms with Gasteiger partial charge in [0, 0.05) is 23.2 Å². The maximum atomic E-state index is 13.2. The molecule has 0 unspecified atom stereocenters. The molecule has 1 aromatic carbocycles. The monoisotopic (exact) mass is 294 g/mol. The summed E-state index contributed by atoms with van der Waals surface area (Å²) in [4.78, 5) is 0. The zero-order valence-corrected chi connectivity index (χ0v) is 12.2. The topological polar surface area (TPSA) is 0 Å². The minimum absolute atomic E-state index is 0.308. The third-order valence-electron chi connectivity index (χ3n) is 2.91. The molecule has 0 N–H and O–H groups in total.